The van der Waals surface area contributed by atoms with Crippen molar-refractivity contribution in [2.45, 2.75) is 62.2 Å². The van der Waals surface area contributed by atoms with Gasteiger partial charge in [0.25, 0.3) is 0 Å². The van der Waals surface area contributed by atoms with Crippen LogP contribution in [0.1, 0.15) is 42.9 Å². The smallest absolute Gasteiger partial charge is 0.407 e. The molecule has 138 valence electrons. The van der Waals surface area contributed by atoms with Crippen molar-refractivity contribution >= 4 is 11.9 Å². The number of hydrogen-bond acceptors (Lipinski definition) is 5. The quantitative estimate of drug-likeness (QED) is 0.699. The van der Waals surface area contributed by atoms with Gasteiger partial charge in [0.15, 0.2) is 23.4 Å². The molecule has 7 nitrogen and oxygen atoms in total. The Bertz CT molecular complexity index is 866. The summed E-state index contributed by atoms with van der Waals surface area (Å²) in [6.45, 7) is 2.21. The van der Waals surface area contributed by atoms with Crippen molar-refractivity contribution in [1.29, 1.82) is 0 Å². The molecule has 1 amide bonds. The molecular formula is C19H21NO6. The summed E-state index contributed by atoms with van der Waals surface area (Å²) in [5.74, 6) is 0.218. The average Bonchev–Trinajstić information content (AvgIpc) is 2.94. The number of benzene rings is 1. The number of hydrogen-bond donors (Lipinski definition) is 3. The number of carboxylic acid groups (broad SMARTS) is 1. The number of ether oxygens (including phenoxy) is 1. The summed E-state index contributed by atoms with van der Waals surface area (Å²) in [4.78, 5) is 25.8. The minimum absolute atomic E-state index is 0.00126. The van der Waals surface area contributed by atoms with Crippen LogP contribution in [0.25, 0.3) is 0 Å². The zero-order valence-corrected chi connectivity index (χ0v) is 14.5. The minimum Gasteiger partial charge on any atom is -0.504 e. The monoisotopic (exact) mass is 359 g/mol. The average molecular weight is 359 g/mol. The number of aliphatic hydroxyl groups is 1. The Kier molecular flexibility index (Phi) is 2.88. The first-order chi connectivity index (χ1) is 12.3. The standard InChI is InChI=1S/C19H21NO6/c1-2-9-7-12(22)15-14-10(9)8-13-19(25)4-3-11(21)16(26-15)18(14,19)5-6-20(13)17(23)24/h7,13,16,22,25H,2-6,8H2,1H3,(H,23,24)/t13-,16?,18+,19-/m1/s1. The number of piperidine rings is 1. The van der Waals surface area contributed by atoms with Gasteiger partial charge in [-0.15, -0.1) is 0 Å². The summed E-state index contributed by atoms with van der Waals surface area (Å²) in [5.41, 5.74) is 0.264. The van der Waals surface area contributed by atoms with Crippen LogP contribution in [0.4, 0.5) is 4.79 Å². The summed E-state index contributed by atoms with van der Waals surface area (Å²) < 4.78 is 5.96. The molecule has 2 fully saturated rings. The van der Waals surface area contributed by atoms with Crippen LogP contribution >= 0.6 is 0 Å². The van der Waals surface area contributed by atoms with Crippen molar-refractivity contribution in [3.63, 3.8) is 0 Å². The van der Waals surface area contributed by atoms with Gasteiger partial charge in [-0.3, -0.25) is 4.79 Å². The van der Waals surface area contributed by atoms with Crippen LogP contribution in [0.2, 0.25) is 0 Å². The van der Waals surface area contributed by atoms with Gasteiger partial charge >= 0.3 is 6.09 Å². The maximum atomic E-state index is 12.7. The highest BCUT2D eigenvalue weighted by atomic mass is 16.5. The molecule has 0 aromatic heterocycles. The normalized spacial score (nSPS) is 36.5. The van der Waals surface area contributed by atoms with E-state index in [4.69, 9.17) is 4.74 Å². The molecule has 2 aliphatic carbocycles. The van der Waals surface area contributed by atoms with E-state index in [9.17, 15) is 24.9 Å². The Balaban J connectivity index is 1.85. The number of ketones is 1. The summed E-state index contributed by atoms with van der Waals surface area (Å²) >= 11 is 0. The van der Waals surface area contributed by atoms with Gasteiger partial charge in [-0.25, -0.2) is 4.79 Å². The second-order valence-electron chi connectivity index (χ2n) is 7.90. The first-order valence-electron chi connectivity index (χ1n) is 9.14. The first kappa shape index (κ1) is 15.9. The van der Waals surface area contributed by atoms with Gasteiger partial charge in [-0.05, 0) is 42.9 Å². The molecule has 4 atom stereocenters. The van der Waals surface area contributed by atoms with Crippen LogP contribution in [-0.4, -0.2) is 56.4 Å². The van der Waals surface area contributed by atoms with E-state index in [1.165, 1.54) is 4.90 Å². The molecule has 0 radical (unpaired) electrons. The molecular weight excluding hydrogens is 338 g/mol. The number of carbonyl (C=O) groups excluding carboxylic acids is 1. The van der Waals surface area contributed by atoms with Crippen LogP contribution in [0.15, 0.2) is 6.07 Å². The van der Waals surface area contributed by atoms with Gasteiger partial charge in [0.2, 0.25) is 0 Å². The fraction of sp³-hybridized carbons (Fsp3) is 0.579. The molecule has 5 rings (SSSR count). The third-order valence-electron chi connectivity index (χ3n) is 7.11. The number of nitrogens with zero attached hydrogens (tertiary/aromatic N) is 1. The molecule has 1 saturated carbocycles. The molecule has 26 heavy (non-hydrogen) atoms. The number of aromatic hydroxyl groups is 1. The van der Waals surface area contributed by atoms with Gasteiger partial charge < -0.3 is 25.0 Å². The van der Waals surface area contributed by atoms with Gasteiger partial charge in [0.05, 0.1) is 17.1 Å². The number of Topliss-reactive ketones (excluding diaryl/α,β-unsaturated/α-hetero) is 1. The Morgan fingerprint density at radius 2 is 2.19 bits per heavy atom. The molecule has 1 aromatic rings. The number of carbonyl (C=O) groups is 2. The number of likely N-dealkylation sites (tertiary alicyclic amines) is 1. The largest absolute Gasteiger partial charge is 0.504 e. The third kappa shape index (κ3) is 1.50. The summed E-state index contributed by atoms with van der Waals surface area (Å²) in [6.07, 6.45) is -0.176. The van der Waals surface area contributed by atoms with Crippen LogP contribution < -0.4 is 4.74 Å². The zero-order chi connectivity index (χ0) is 18.4. The molecule has 1 spiro atoms. The molecule has 2 bridgehead atoms. The number of amides is 1. The van der Waals surface area contributed by atoms with Crippen LogP contribution in [0, 0.1) is 0 Å². The molecule has 2 heterocycles. The highest BCUT2D eigenvalue weighted by Crippen LogP contribution is 2.65. The first-order valence-corrected chi connectivity index (χ1v) is 9.14. The number of phenolic OH excluding ortho intramolecular Hbond substituents is 1. The Morgan fingerprint density at radius 1 is 1.42 bits per heavy atom. The predicted molar refractivity (Wildman–Crippen MR) is 89.6 cm³/mol. The van der Waals surface area contributed by atoms with Crippen molar-refractivity contribution in [2.24, 2.45) is 0 Å². The van der Waals surface area contributed by atoms with Crippen LogP contribution in [-0.2, 0) is 23.1 Å². The Morgan fingerprint density at radius 3 is 2.88 bits per heavy atom. The van der Waals surface area contributed by atoms with E-state index in [1.807, 2.05) is 6.92 Å². The molecule has 7 heteroatoms. The van der Waals surface area contributed by atoms with E-state index in [0.717, 1.165) is 16.7 Å². The maximum Gasteiger partial charge on any atom is 0.407 e. The van der Waals surface area contributed by atoms with E-state index in [1.54, 1.807) is 6.07 Å². The molecule has 3 N–H and O–H groups in total. The fourth-order valence-corrected chi connectivity index (χ4v) is 6.03. The van der Waals surface area contributed by atoms with Crippen molar-refractivity contribution in [3.05, 3.63) is 22.8 Å². The number of phenols is 1. The highest BCUT2D eigenvalue weighted by molar-refractivity contribution is 5.90. The topological polar surface area (TPSA) is 107 Å². The van der Waals surface area contributed by atoms with E-state index >= 15 is 0 Å². The fourth-order valence-electron chi connectivity index (χ4n) is 6.03. The minimum atomic E-state index is -1.36. The second kappa shape index (κ2) is 4.71. The van der Waals surface area contributed by atoms with Crippen molar-refractivity contribution < 1.29 is 29.6 Å². The van der Waals surface area contributed by atoms with E-state index < -0.39 is 29.3 Å². The third-order valence-corrected chi connectivity index (χ3v) is 7.11. The molecule has 1 aromatic carbocycles. The Labute approximate surface area is 150 Å². The van der Waals surface area contributed by atoms with Gasteiger partial charge in [-0.2, -0.15) is 0 Å². The Hall–Kier alpha value is -2.28. The second-order valence-corrected chi connectivity index (χ2v) is 7.90. The van der Waals surface area contributed by atoms with Crippen LogP contribution in [0.3, 0.4) is 0 Å². The molecule has 1 saturated heterocycles. The summed E-state index contributed by atoms with van der Waals surface area (Å²) in [5, 5.41) is 32.0. The SMILES string of the molecule is CCc1cc(O)c2c3c1C[C@H]1N(C(=O)O)CC[C@@]34C(O2)C(=O)CC[C@@]14O. The molecule has 1 unspecified atom stereocenters. The lowest BCUT2D eigenvalue weighted by molar-refractivity contribution is -0.183. The van der Waals surface area contributed by atoms with Crippen molar-refractivity contribution in [3.8, 4) is 11.5 Å². The lowest BCUT2D eigenvalue weighted by atomic mass is 9.48. The zero-order valence-electron chi connectivity index (χ0n) is 14.5. The van der Waals surface area contributed by atoms with Crippen molar-refractivity contribution in [2.75, 3.05) is 6.54 Å². The van der Waals surface area contributed by atoms with E-state index in [2.05, 4.69) is 0 Å². The van der Waals surface area contributed by atoms with Crippen LogP contribution in [0.5, 0.6) is 11.5 Å². The van der Waals surface area contributed by atoms with Gasteiger partial charge in [0, 0.05) is 18.5 Å². The highest BCUT2D eigenvalue weighted by Gasteiger charge is 2.73. The maximum absolute atomic E-state index is 12.7. The molecule has 2 aliphatic heterocycles. The van der Waals surface area contributed by atoms with E-state index in [-0.39, 0.29) is 30.9 Å². The number of rotatable bonds is 1. The lowest BCUT2D eigenvalue weighted by Crippen LogP contribution is -2.77. The summed E-state index contributed by atoms with van der Waals surface area (Å²) in [6, 6.07) is 1.04. The van der Waals surface area contributed by atoms with Crippen molar-refractivity contribution in [1.82, 2.24) is 4.90 Å². The summed E-state index contributed by atoms with van der Waals surface area (Å²) in [7, 11) is 0. The molecule has 4 aliphatic rings. The lowest BCUT2D eigenvalue weighted by Gasteiger charge is -2.61. The number of aryl methyl sites for hydroxylation is 1. The van der Waals surface area contributed by atoms with E-state index in [0.29, 0.717) is 25.0 Å². The van der Waals surface area contributed by atoms with Gasteiger partial charge in [-0.1, -0.05) is 6.92 Å². The predicted octanol–water partition coefficient (Wildman–Crippen LogP) is 1.36. The van der Waals surface area contributed by atoms with Gasteiger partial charge in [0.1, 0.15) is 0 Å².